The summed E-state index contributed by atoms with van der Waals surface area (Å²) < 4.78 is 14.7. The van der Waals surface area contributed by atoms with Crippen LogP contribution in [-0.4, -0.2) is 118 Å². The van der Waals surface area contributed by atoms with Crippen molar-refractivity contribution >= 4 is 18.0 Å². The Kier molecular flexibility index (Phi) is 9.81. The Hall–Kier alpha value is -1.91. The summed E-state index contributed by atoms with van der Waals surface area (Å²) in [6.45, 7) is 9.49. The lowest BCUT2D eigenvalue weighted by atomic mass is 10.2. The van der Waals surface area contributed by atoms with Crippen molar-refractivity contribution in [2.24, 2.45) is 0 Å². The van der Waals surface area contributed by atoms with Crippen LogP contribution in [0, 0.1) is 0 Å². The summed E-state index contributed by atoms with van der Waals surface area (Å²) in [7, 11) is 6.55. The first-order valence-electron chi connectivity index (χ1n) is 9.75. The highest BCUT2D eigenvalue weighted by atomic mass is 16.6. The minimum absolute atomic E-state index is 0.103. The van der Waals surface area contributed by atoms with Crippen molar-refractivity contribution in [2.75, 3.05) is 67.6 Å². The predicted octanol–water partition coefficient (Wildman–Crippen LogP) is -0.226. The van der Waals surface area contributed by atoms with Crippen molar-refractivity contribution in [3.63, 3.8) is 0 Å². The highest BCUT2D eigenvalue weighted by molar-refractivity contribution is 5.77. The van der Waals surface area contributed by atoms with Gasteiger partial charge in [-0.2, -0.15) is 0 Å². The first-order valence-corrected chi connectivity index (χ1v) is 9.75. The third-order valence-electron chi connectivity index (χ3n) is 4.76. The standard InChI is InChI=1S/C12H22N2O4.C7H14N2O2/c1-12(2,3)18-11(16)14-7-6-13(4)9(8-14)10(15)17-5;1-9-4-3-8-5-6(9)7(10)11-2/h9H,6-8H2,1-5H3;6,8H,3-5H2,1-2H3. The van der Waals surface area contributed by atoms with E-state index < -0.39 is 11.6 Å². The molecule has 0 saturated carbocycles. The van der Waals surface area contributed by atoms with Gasteiger partial charge in [0.15, 0.2) is 0 Å². The highest BCUT2D eigenvalue weighted by Crippen LogP contribution is 2.14. The van der Waals surface area contributed by atoms with Crippen LogP contribution >= 0.6 is 0 Å². The molecule has 29 heavy (non-hydrogen) atoms. The molecule has 2 aliphatic heterocycles. The van der Waals surface area contributed by atoms with Crippen LogP contribution in [0.25, 0.3) is 0 Å². The predicted molar refractivity (Wildman–Crippen MR) is 108 cm³/mol. The molecule has 2 fully saturated rings. The van der Waals surface area contributed by atoms with Crippen molar-refractivity contribution in [3.05, 3.63) is 0 Å². The van der Waals surface area contributed by atoms with Gasteiger partial charge in [-0.1, -0.05) is 0 Å². The van der Waals surface area contributed by atoms with Gasteiger partial charge in [-0.05, 0) is 34.9 Å². The van der Waals surface area contributed by atoms with Crippen molar-refractivity contribution in [1.82, 2.24) is 20.0 Å². The molecule has 0 radical (unpaired) electrons. The average molecular weight is 417 g/mol. The number of carbonyl (C=O) groups excluding carboxylic acids is 3. The first kappa shape index (κ1) is 25.1. The molecule has 2 atom stereocenters. The van der Waals surface area contributed by atoms with Crippen molar-refractivity contribution in [2.45, 2.75) is 38.5 Å². The average Bonchev–Trinajstić information content (AvgIpc) is 2.66. The van der Waals surface area contributed by atoms with Crippen LogP contribution in [-0.2, 0) is 23.8 Å². The molecule has 0 aromatic rings. The number of hydrogen-bond donors (Lipinski definition) is 1. The van der Waals surface area contributed by atoms with Crippen LogP contribution < -0.4 is 5.32 Å². The number of amides is 1. The summed E-state index contributed by atoms with van der Waals surface area (Å²) in [4.78, 5) is 40.0. The number of piperazine rings is 2. The van der Waals surface area contributed by atoms with Gasteiger partial charge in [0.2, 0.25) is 0 Å². The molecule has 2 rings (SSSR count). The Morgan fingerprint density at radius 1 is 0.897 bits per heavy atom. The number of rotatable bonds is 2. The maximum atomic E-state index is 11.9. The quantitative estimate of drug-likeness (QED) is 0.483. The number of hydrogen-bond acceptors (Lipinski definition) is 9. The van der Waals surface area contributed by atoms with Crippen LogP contribution in [0.4, 0.5) is 4.79 Å². The van der Waals surface area contributed by atoms with Crippen molar-refractivity contribution in [3.8, 4) is 0 Å². The molecular formula is C19H36N4O6. The second-order valence-electron chi connectivity index (χ2n) is 8.17. The second-order valence-corrected chi connectivity index (χ2v) is 8.17. The number of nitrogens with one attached hydrogen (secondary N) is 1. The molecule has 2 saturated heterocycles. The lowest BCUT2D eigenvalue weighted by molar-refractivity contribution is -0.148. The van der Waals surface area contributed by atoms with Crippen LogP contribution in [0.1, 0.15) is 20.8 Å². The fourth-order valence-corrected chi connectivity index (χ4v) is 2.96. The van der Waals surface area contributed by atoms with Gasteiger partial charge in [0, 0.05) is 32.7 Å². The number of carbonyl (C=O) groups is 3. The zero-order valence-corrected chi connectivity index (χ0v) is 18.7. The lowest BCUT2D eigenvalue weighted by Crippen LogP contribution is -2.57. The molecule has 2 heterocycles. The van der Waals surface area contributed by atoms with E-state index >= 15 is 0 Å². The van der Waals surface area contributed by atoms with E-state index in [4.69, 9.17) is 9.47 Å². The number of likely N-dealkylation sites (N-methyl/N-ethyl adjacent to an activating group) is 2. The Labute approximate surface area is 173 Å². The molecule has 0 aromatic heterocycles. The second kappa shape index (κ2) is 11.3. The van der Waals surface area contributed by atoms with Gasteiger partial charge < -0.3 is 24.4 Å². The van der Waals surface area contributed by atoms with E-state index in [-0.39, 0.29) is 24.1 Å². The summed E-state index contributed by atoms with van der Waals surface area (Å²) in [6, 6.07) is -0.523. The monoisotopic (exact) mass is 416 g/mol. The molecule has 0 spiro atoms. The summed E-state index contributed by atoms with van der Waals surface area (Å²) in [5, 5.41) is 3.14. The molecule has 2 unspecified atom stereocenters. The fourth-order valence-electron chi connectivity index (χ4n) is 2.96. The van der Waals surface area contributed by atoms with Gasteiger partial charge >= 0.3 is 18.0 Å². The lowest BCUT2D eigenvalue weighted by Gasteiger charge is -2.38. The zero-order valence-electron chi connectivity index (χ0n) is 18.7. The highest BCUT2D eigenvalue weighted by Gasteiger charge is 2.34. The number of esters is 2. The summed E-state index contributed by atoms with van der Waals surface area (Å²) >= 11 is 0. The molecule has 2 aliphatic rings. The van der Waals surface area contributed by atoms with E-state index in [2.05, 4.69) is 10.1 Å². The minimum atomic E-state index is -0.527. The van der Waals surface area contributed by atoms with E-state index in [1.807, 2.05) is 44.7 Å². The smallest absolute Gasteiger partial charge is 0.410 e. The Morgan fingerprint density at radius 2 is 1.45 bits per heavy atom. The Morgan fingerprint density at radius 3 is 1.97 bits per heavy atom. The summed E-state index contributed by atoms with van der Waals surface area (Å²) in [5.74, 6) is -0.481. The first-order chi connectivity index (χ1) is 13.5. The van der Waals surface area contributed by atoms with Crippen LogP contribution in [0.3, 0.4) is 0 Å². The molecule has 10 nitrogen and oxygen atoms in total. The van der Waals surface area contributed by atoms with Crippen LogP contribution in [0.5, 0.6) is 0 Å². The van der Waals surface area contributed by atoms with Gasteiger partial charge in [-0.3, -0.25) is 19.4 Å². The fraction of sp³-hybridized carbons (Fsp3) is 0.842. The largest absolute Gasteiger partial charge is 0.468 e. The maximum Gasteiger partial charge on any atom is 0.410 e. The Balaban J connectivity index is 0.000000326. The van der Waals surface area contributed by atoms with Crippen LogP contribution in [0.2, 0.25) is 0 Å². The van der Waals surface area contributed by atoms with Gasteiger partial charge in [-0.15, -0.1) is 0 Å². The van der Waals surface area contributed by atoms with E-state index in [9.17, 15) is 14.4 Å². The normalized spacial score (nSPS) is 23.5. The number of methoxy groups -OCH3 is 2. The van der Waals surface area contributed by atoms with Gasteiger partial charge in [0.25, 0.3) is 0 Å². The van der Waals surface area contributed by atoms with Crippen molar-refractivity contribution in [1.29, 1.82) is 0 Å². The molecule has 168 valence electrons. The maximum absolute atomic E-state index is 11.9. The zero-order chi connectivity index (χ0) is 22.2. The third-order valence-corrected chi connectivity index (χ3v) is 4.76. The molecule has 0 aliphatic carbocycles. The number of nitrogens with zero attached hydrogens (tertiary/aromatic N) is 3. The molecule has 0 bridgehead atoms. The summed E-state index contributed by atoms with van der Waals surface area (Å²) in [5.41, 5.74) is -0.527. The van der Waals surface area contributed by atoms with Crippen LogP contribution in [0.15, 0.2) is 0 Å². The molecule has 1 amide bonds. The van der Waals surface area contributed by atoms with Gasteiger partial charge in [0.05, 0.1) is 20.8 Å². The minimum Gasteiger partial charge on any atom is -0.468 e. The molecule has 1 N–H and O–H groups in total. The van der Waals surface area contributed by atoms with Crippen molar-refractivity contribution < 1.29 is 28.6 Å². The molecular weight excluding hydrogens is 380 g/mol. The van der Waals surface area contributed by atoms with E-state index in [1.165, 1.54) is 14.2 Å². The molecule has 10 heteroatoms. The van der Waals surface area contributed by atoms with E-state index in [1.54, 1.807) is 4.90 Å². The topological polar surface area (TPSA) is 101 Å². The number of ether oxygens (including phenoxy) is 3. The van der Waals surface area contributed by atoms with Gasteiger partial charge in [-0.25, -0.2) is 4.79 Å². The summed E-state index contributed by atoms with van der Waals surface area (Å²) in [6.07, 6.45) is -0.385. The van der Waals surface area contributed by atoms with E-state index in [0.717, 1.165) is 13.1 Å². The Bertz CT molecular complexity index is 565. The SMILES string of the molecule is COC(=O)C1CN(C(=O)OC(C)(C)C)CCN1C.COC(=O)C1CNCCN1C. The third kappa shape index (κ3) is 8.15. The molecule has 0 aromatic carbocycles. The van der Waals surface area contributed by atoms with E-state index in [0.29, 0.717) is 26.2 Å². The van der Waals surface area contributed by atoms with Gasteiger partial charge in [0.1, 0.15) is 17.7 Å².